The molecule has 2 atom stereocenters. The lowest BCUT2D eigenvalue weighted by Crippen LogP contribution is -2.32. The lowest BCUT2D eigenvalue weighted by Gasteiger charge is -2.19. The molecule has 0 aliphatic heterocycles. The van der Waals surface area contributed by atoms with Crippen LogP contribution in [0, 0.1) is 0 Å². The van der Waals surface area contributed by atoms with Crippen LogP contribution < -0.4 is 5.32 Å². The Labute approximate surface area is 100 Å². The molecule has 1 aromatic carbocycles. The second-order valence-corrected chi connectivity index (χ2v) is 4.71. The maximum absolute atomic E-state index is 5.09. The van der Waals surface area contributed by atoms with Gasteiger partial charge in [-0.15, -0.1) is 0 Å². The highest BCUT2D eigenvalue weighted by atomic mass is 79.9. The number of halogens is 1. The molecule has 0 saturated carbocycles. The van der Waals surface area contributed by atoms with Crippen molar-refractivity contribution >= 4 is 15.9 Å². The van der Waals surface area contributed by atoms with Crippen molar-refractivity contribution in [2.75, 3.05) is 13.7 Å². The van der Waals surface area contributed by atoms with Crippen molar-refractivity contribution in [3.05, 3.63) is 34.3 Å². The number of ether oxygens (including phenoxy) is 1. The van der Waals surface area contributed by atoms with Crippen molar-refractivity contribution in [2.24, 2.45) is 0 Å². The molecule has 0 aliphatic carbocycles. The third kappa shape index (κ3) is 4.33. The largest absolute Gasteiger partial charge is 0.383 e. The summed E-state index contributed by atoms with van der Waals surface area (Å²) in [5.41, 5.74) is 1.29. The second kappa shape index (κ2) is 6.26. The predicted molar refractivity (Wildman–Crippen MR) is 67.0 cm³/mol. The van der Waals surface area contributed by atoms with Gasteiger partial charge in [0.1, 0.15) is 0 Å². The van der Waals surface area contributed by atoms with E-state index in [0.29, 0.717) is 12.1 Å². The van der Waals surface area contributed by atoms with E-state index in [2.05, 4.69) is 59.4 Å². The molecule has 0 spiro atoms. The molecule has 1 rings (SSSR count). The van der Waals surface area contributed by atoms with E-state index in [9.17, 15) is 0 Å². The van der Waals surface area contributed by atoms with Crippen molar-refractivity contribution in [1.82, 2.24) is 5.32 Å². The number of rotatable bonds is 5. The first kappa shape index (κ1) is 12.7. The Morgan fingerprint density at radius 2 is 1.87 bits per heavy atom. The Hall–Kier alpha value is -0.380. The molecule has 1 N–H and O–H groups in total. The SMILES string of the molecule is COCC(C)N[C@@H](C)c1ccc(Br)cc1. The lowest BCUT2D eigenvalue weighted by molar-refractivity contribution is 0.168. The Morgan fingerprint density at radius 1 is 1.27 bits per heavy atom. The van der Waals surface area contributed by atoms with Crippen LogP contribution in [0.25, 0.3) is 0 Å². The molecule has 1 unspecified atom stereocenters. The molecule has 0 saturated heterocycles. The molecule has 0 fully saturated rings. The number of hydrogen-bond donors (Lipinski definition) is 1. The van der Waals surface area contributed by atoms with Gasteiger partial charge < -0.3 is 10.1 Å². The standard InChI is InChI=1S/C12H18BrNO/c1-9(8-15-3)14-10(2)11-4-6-12(13)7-5-11/h4-7,9-10,14H,8H2,1-3H3/t9?,10-/m0/s1. The van der Waals surface area contributed by atoms with Gasteiger partial charge in [0.05, 0.1) is 6.61 Å². The number of hydrogen-bond acceptors (Lipinski definition) is 2. The summed E-state index contributed by atoms with van der Waals surface area (Å²) in [4.78, 5) is 0. The van der Waals surface area contributed by atoms with Crippen LogP contribution >= 0.6 is 15.9 Å². The quantitative estimate of drug-likeness (QED) is 0.889. The van der Waals surface area contributed by atoms with Crippen LogP contribution in [-0.2, 0) is 4.74 Å². The third-order valence-electron chi connectivity index (χ3n) is 2.32. The van der Waals surface area contributed by atoms with Crippen LogP contribution in [0.3, 0.4) is 0 Å². The fraction of sp³-hybridized carbons (Fsp3) is 0.500. The molecule has 1 aromatic rings. The van der Waals surface area contributed by atoms with Crippen molar-refractivity contribution in [2.45, 2.75) is 25.9 Å². The summed E-state index contributed by atoms with van der Waals surface area (Å²) in [5, 5.41) is 3.48. The summed E-state index contributed by atoms with van der Waals surface area (Å²) < 4.78 is 6.20. The van der Waals surface area contributed by atoms with Gasteiger partial charge in [0.25, 0.3) is 0 Å². The highest BCUT2D eigenvalue weighted by Crippen LogP contribution is 2.16. The molecule has 3 heteroatoms. The van der Waals surface area contributed by atoms with E-state index in [0.717, 1.165) is 11.1 Å². The molecule has 0 aromatic heterocycles. The van der Waals surface area contributed by atoms with E-state index in [4.69, 9.17) is 4.74 Å². The topological polar surface area (TPSA) is 21.3 Å². The highest BCUT2D eigenvalue weighted by Gasteiger charge is 2.08. The Bertz CT molecular complexity index is 286. The molecular weight excluding hydrogens is 254 g/mol. The number of nitrogens with one attached hydrogen (secondary N) is 1. The monoisotopic (exact) mass is 271 g/mol. The van der Waals surface area contributed by atoms with Gasteiger partial charge in [-0.25, -0.2) is 0 Å². The fourth-order valence-electron chi connectivity index (χ4n) is 1.57. The summed E-state index contributed by atoms with van der Waals surface area (Å²) >= 11 is 3.43. The lowest BCUT2D eigenvalue weighted by atomic mass is 10.1. The molecule has 15 heavy (non-hydrogen) atoms. The second-order valence-electron chi connectivity index (χ2n) is 3.80. The fourth-order valence-corrected chi connectivity index (χ4v) is 1.84. The molecule has 2 nitrogen and oxygen atoms in total. The van der Waals surface area contributed by atoms with Gasteiger partial charge >= 0.3 is 0 Å². The molecule has 0 aliphatic rings. The zero-order valence-electron chi connectivity index (χ0n) is 9.46. The Morgan fingerprint density at radius 3 is 2.40 bits per heavy atom. The van der Waals surface area contributed by atoms with Crippen LogP contribution in [0.4, 0.5) is 0 Å². The molecule has 0 bridgehead atoms. The first-order valence-corrected chi connectivity index (χ1v) is 5.93. The maximum atomic E-state index is 5.09. The molecule has 0 radical (unpaired) electrons. The van der Waals surface area contributed by atoms with Gasteiger partial charge in [0.2, 0.25) is 0 Å². The average Bonchev–Trinajstić information content (AvgIpc) is 2.18. The normalized spacial score (nSPS) is 14.9. The van der Waals surface area contributed by atoms with Crippen LogP contribution in [0.15, 0.2) is 28.7 Å². The van der Waals surface area contributed by atoms with E-state index in [1.807, 2.05) is 0 Å². The van der Waals surface area contributed by atoms with Gasteiger partial charge in [-0.3, -0.25) is 0 Å². The molecule has 84 valence electrons. The number of methoxy groups -OCH3 is 1. The van der Waals surface area contributed by atoms with E-state index in [-0.39, 0.29) is 0 Å². The van der Waals surface area contributed by atoms with Gasteiger partial charge in [-0.05, 0) is 31.5 Å². The zero-order valence-corrected chi connectivity index (χ0v) is 11.0. The number of benzene rings is 1. The minimum Gasteiger partial charge on any atom is -0.383 e. The first-order chi connectivity index (χ1) is 7.13. The maximum Gasteiger partial charge on any atom is 0.0613 e. The first-order valence-electron chi connectivity index (χ1n) is 5.14. The summed E-state index contributed by atoms with van der Waals surface area (Å²) in [6.45, 7) is 5.02. The zero-order chi connectivity index (χ0) is 11.3. The van der Waals surface area contributed by atoms with Crippen molar-refractivity contribution in [1.29, 1.82) is 0 Å². The van der Waals surface area contributed by atoms with Crippen LogP contribution in [0.2, 0.25) is 0 Å². The minimum atomic E-state index is 0.350. The van der Waals surface area contributed by atoms with Crippen molar-refractivity contribution in [3.8, 4) is 0 Å². The molecule has 0 heterocycles. The summed E-state index contributed by atoms with van der Waals surface area (Å²) in [7, 11) is 1.72. The smallest absolute Gasteiger partial charge is 0.0613 e. The van der Waals surface area contributed by atoms with Crippen molar-refractivity contribution < 1.29 is 4.74 Å². The highest BCUT2D eigenvalue weighted by molar-refractivity contribution is 9.10. The Balaban J connectivity index is 2.53. The summed E-state index contributed by atoms with van der Waals surface area (Å²) in [6.07, 6.45) is 0. The summed E-state index contributed by atoms with van der Waals surface area (Å²) in [6, 6.07) is 9.10. The molecular formula is C12H18BrNO. The van der Waals surface area contributed by atoms with E-state index in [1.54, 1.807) is 7.11 Å². The van der Waals surface area contributed by atoms with Gasteiger partial charge in [-0.2, -0.15) is 0 Å². The van der Waals surface area contributed by atoms with E-state index < -0.39 is 0 Å². The van der Waals surface area contributed by atoms with E-state index >= 15 is 0 Å². The van der Waals surface area contributed by atoms with Crippen LogP contribution in [-0.4, -0.2) is 19.8 Å². The minimum absolute atomic E-state index is 0.350. The van der Waals surface area contributed by atoms with Gasteiger partial charge in [-0.1, -0.05) is 28.1 Å². The Kier molecular flexibility index (Phi) is 5.29. The van der Waals surface area contributed by atoms with Gasteiger partial charge in [0.15, 0.2) is 0 Å². The van der Waals surface area contributed by atoms with Gasteiger partial charge in [0, 0.05) is 23.7 Å². The predicted octanol–water partition coefficient (Wildman–Crippen LogP) is 3.13. The van der Waals surface area contributed by atoms with Crippen LogP contribution in [0.5, 0.6) is 0 Å². The summed E-state index contributed by atoms with van der Waals surface area (Å²) in [5.74, 6) is 0. The van der Waals surface area contributed by atoms with E-state index in [1.165, 1.54) is 5.56 Å². The molecule has 0 amide bonds. The van der Waals surface area contributed by atoms with Crippen LogP contribution in [0.1, 0.15) is 25.5 Å². The third-order valence-corrected chi connectivity index (χ3v) is 2.85. The average molecular weight is 272 g/mol. The van der Waals surface area contributed by atoms with Crippen molar-refractivity contribution in [3.63, 3.8) is 0 Å².